The fraction of sp³-hybridized carbons (Fsp3) is 0.200. The highest BCUT2D eigenvalue weighted by molar-refractivity contribution is 5.95. The maximum atomic E-state index is 7.37. The van der Waals surface area contributed by atoms with Gasteiger partial charge in [0.05, 0.1) is 12.2 Å². The quantitative estimate of drug-likeness (QED) is 0.650. The molecule has 0 spiro atoms. The molecule has 2 aromatic rings. The Bertz CT molecular complexity index is 575. The first kappa shape index (κ1) is 13.1. The molecule has 1 aromatic heterocycles. The Morgan fingerprint density at radius 1 is 1.21 bits per heavy atom. The molecule has 0 bridgehead atoms. The van der Waals surface area contributed by atoms with Crippen molar-refractivity contribution in [3.63, 3.8) is 0 Å². The molecule has 98 valence electrons. The molecule has 1 aromatic carbocycles. The maximum absolute atomic E-state index is 7.37. The monoisotopic (exact) mass is 254 g/mol. The highest BCUT2D eigenvalue weighted by atomic mass is 15.1. The van der Waals surface area contributed by atoms with Gasteiger partial charge < -0.3 is 10.6 Å². The second-order valence-corrected chi connectivity index (χ2v) is 4.59. The lowest BCUT2D eigenvalue weighted by atomic mass is 10.2. The Labute approximate surface area is 113 Å². The lowest BCUT2D eigenvalue weighted by Crippen LogP contribution is -2.18. The Morgan fingerprint density at radius 3 is 2.47 bits per heavy atom. The van der Waals surface area contributed by atoms with Crippen LogP contribution in [0, 0.1) is 12.3 Å². The van der Waals surface area contributed by atoms with E-state index < -0.39 is 0 Å². The minimum absolute atomic E-state index is 0.0922. The summed E-state index contributed by atoms with van der Waals surface area (Å²) in [5, 5.41) is 7.37. The number of aryl methyl sites for hydroxylation is 1. The fourth-order valence-corrected chi connectivity index (χ4v) is 1.92. The molecule has 0 aliphatic rings. The third-order valence-electron chi connectivity index (χ3n) is 2.96. The number of nitrogen functional groups attached to an aromatic ring is 1. The van der Waals surface area contributed by atoms with Gasteiger partial charge in [-0.05, 0) is 43.3 Å². The Balaban J connectivity index is 2.11. The largest absolute Gasteiger partial charge is 0.384 e. The average molecular weight is 254 g/mol. The number of hydrogen-bond donors (Lipinski definition) is 2. The van der Waals surface area contributed by atoms with Crippen molar-refractivity contribution in [1.29, 1.82) is 5.41 Å². The molecule has 0 unspecified atom stereocenters. The number of nitrogens with zero attached hydrogens (tertiary/aromatic N) is 2. The summed E-state index contributed by atoms with van der Waals surface area (Å²) in [6, 6.07) is 13.7. The normalized spacial score (nSPS) is 10.2. The number of nitrogens with one attached hydrogen (secondary N) is 1. The van der Waals surface area contributed by atoms with Crippen molar-refractivity contribution < 1.29 is 0 Å². The molecule has 0 saturated carbocycles. The van der Waals surface area contributed by atoms with E-state index in [0.717, 1.165) is 29.2 Å². The first-order valence-electron chi connectivity index (χ1n) is 6.14. The van der Waals surface area contributed by atoms with Crippen LogP contribution >= 0.6 is 0 Å². The molecule has 0 saturated heterocycles. The van der Waals surface area contributed by atoms with Crippen LogP contribution in [-0.2, 0) is 6.54 Å². The van der Waals surface area contributed by atoms with Gasteiger partial charge in [-0.1, -0.05) is 6.07 Å². The Kier molecular flexibility index (Phi) is 3.80. The number of benzene rings is 1. The van der Waals surface area contributed by atoms with Gasteiger partial charge >= 0.3 is 0 Å². The molecule has 4 heteroatoms. The van der Waals surface area contributed by atoms with Crippen molar-refractivity contribution in [2.45, 2.75) is 13.5 Å². The summed E-state index contributed by atoms with van der Waals surface area (Å²) in [7, 11) is 2.02. The first-order chi connectivity index (χ1) is 9.06. The molecule has 0 amide bonds. The Morgan fingerprint density at radius 2 is 1.89 bits per heavy atom. The fourth-order valence-electron chi connectivity index (χ4n) is 1.92. The minimum atomic E-state index is 0.0922. The predicted molar refractivity (Wildman–Crippen MR) is 78.5 cm³/mol. The molecular formula is C15H18N4. The number of amidine groups is 1. The lowest BCUT2D eigenvalue weighted by Gasteiger charge is -2.19. The molecule has 3 N–H and O–H groups in total. The van der Waals surface area contributed by atoms with Crippen molar-refractivity contribution >= 4 is 11.5 Å². The van der Waals surface area contributed by atoms with E-state index in [-0.39, 0.29) is 5.84 Å². The zero-order valence-corrected chi connectivity index (χ0v) is 11.2. The van der Waals surface area contributed by atoms with Crippen molar-refractivity contribution in [3.8, 4) is 0 Å². The summed E-state index contributed by atoms with van der Waals surface area (Å²) in [6.45, 7) is 2.74. The number of pyridine rings is 1. The Hall–Kier alpha value is -2.36. The highest BCUT2D eigenvalue weighted by Crippen LogP contribution is 2.15. The summed E-state index contributed by atoms with van der Waals surface area (Å²) in [6.07, 6.45) is 0. The molecule has 4 nitrogen and oxygen atoms in total. The molecule has 0 aliphatic heterocycles. The third-order valence-corrected chi connectivity index (χ3v) is 2.96. The second-order valence-electron chi connectivity index (χ2n) is 4.59. The van der Waals surface area contributed by atoms with Gasteiger partial charge in [0.15, 0.2) is 0 Å². The molecule has 1 heterocycles. The van der Waals surface area contributed by atoms with Crippen molar-refractivity contribution in [1.82, 2.24) is 4.98 Å². The van der Waals surface area contributed by atoms with E-state index in [0.29, 0.717) is 0 Å². The molecule has 0 fully saturated rings. The zero-order chi connectivity index (χ0) is 13.8. The average Bonchev–Trinajstić information content (AvgIpc) is 2.39. The number of hydrogen-bond acceptors (Lipinski definition) is 3. The van der Waals surface area contributed by atoms with Crippen LogP contribution in [0.15, 0.2) is 42.5 Å². The van der Waals surface area contributed by atoms with E-state index in [1.54, 1.807) is 0 Å². The van der Waals surface area contributed by atoms with Gasteiger partial charge in [0, 0.05) is 24.0 Å². The standard InChI is InChI=1S/C15H18N4/c1-11-4-3-5-13(18-11)10-19(2)14-8-6-12(7-9-14)15(16)17/h3-9H,10H2,1-2H3,(H3,16,17). The molecular weight excluding hydrogens is 236 g/mol. The number of rotatable bonds is 4. The topological polar surface area (TPSA) is 66.0 Å². The van der Waals surface area contributed by atoms with Crippen molar-refractivity contribution in [3.05, 3.63) is 59.4 Å². The van der Waals surface area contributed by atoms with Gasteiger partial charge in [0.2, 0.25) is 0 Å². The van der Waals surface area contributed by atoms with E-state index in [4.69, 9.17) is 11.1 Å². The predicted octanol–water partition coefficient (Wildman–Crippen LogP) is 2.31. The smallest absolute Gasteiger partial charge is 0.122 e. The van der Waals surface area contributed by atoms with Crippen LogP contribution in [0.25, 0.3) is 0 Å². The van der Waals surface area contributed by atoms with Crippen LogP contribution in [0.4, 0.5) is 5.69 Å². The molecule has 0 radical (unpaired) electrons. The summed E-state index contributed by atoms with van der Waals surface area (Å²) < 4.78 is 0. The molecule has 2 rings (SSSR count). The van der Waals surface area contributed by atoms with E-state index in [2.05, 4.69) is 9.88 Å². The van der Waals surface area contributed by atoms with Crippen LogP contribution < -0.4 is 10.6 Å². The molecule has 19 heavy (non-hydrogen) atoms. The molecule has 0 aliphatic carbocycles. The van der Waals surface area contributed by atoms with Gasteiger partial charge in [0.1, 0.15) is 5.84 Å². The van der Waals surface area contributed by atoms with Crippen LogP contribution in [0.3, 0.4) is 0 Å². The van der Waals surface area contributed by atoms with Gasteiger partial charge in [-0.25, -0.2) is 0 Å². The lowest BCUT2D eigenvalue weighted by molar-refractivity contribution is 0.877. The number of aromatic nitrogens is 1. The maximum Gasteiger partial charge on any atom is 0.122 e. The van der Waals surface area contributed by atoms with Crippen LogP contribution in [0.1, 0.15) is 17.0 Å². The summed E-state index contributed by atoms with van der Waals surface area (Å²) >= 11 is 0. The highest BCUT2D eigenvalue weighted by Gasteiger charge is 2.04. The van der Waals surface area contributed by atoms with Crippen LogP contribution in [-0.4, -0.2) is 17.9 Å². The van der Waals surface area contributed by atoms with E-state index in [9.17, 15) is 0 Å². The van der Waals surface area contributed by atoms with E-state index in [1.165, 1.54) is 0 Å². The summed E-state index contributed by atoms with van der Waals surface area (Å²) in [5.74, 6) is 0.0922. The van der Waals surface area contributed by atoms with Crippen molar-refractivity contribution in [2.24, 2.45) is 5.73 Å². The molecule has 0 atom stereocenters. The third kappa shape index (κ3) is 3.31. The number of anilines is 1. The SMILES string of the molecule is Cc1cccc(CN(C)c2ccc(C(=N)N)cc2)n1. The second kappa shape index (κ2) is 5.52. The van der Waals surface area contributed by atoms with Gasteiger partial charge in [0.25, 0.3) is 0 Å². The minimum Gasteiger partial charge on any atom is -0.384 e. The van der Waals surface area contributed by atoms with Gasteiger partial charge in [-0.3, -0.25) is 10.4 Å². The summed E-state index contributed by atoms with van der Waals surface area (Å²) in [4.78, 5) is 6.61. The summed E-state index contributed by atoms with van der Waals surface area (Å²) in [5.41, 5.74) is 9.32. The number of nitrogens with two attached hydrogens (primary N) is 1. The zero-order valence-electron chi connectivity index (χ0n) is 11.2. The van der Waals surface area contributed by atoms with Crippen molar-refractivity contribution in [2.75, 3.05) is 11.9 Å². The van der Waals surface area contributed by atoms with Crippen LogP contribution in [0.5, 0.6) is 0 Å². The van der Waals surface area contributed by atoms with Gasteiger partial charge in [-0.2, -0.15) is 0 Å². The first-order valence-corrected chi connectivity index (χ1v) is 6.14. The van der Waals surface area contributed by atoms with E-state index in [1.807, 2.05) is 56.4 Å². The van der Waals surface area contributed by atoms with Crippen LogP contribution in [0.2, 0.25) is 0 Å². The van der Waals surface area contributed by atoms with Gasteiger partial charge in [-0.15, -0.1) is 0 Å². The van der Waals surface area contributed by atoms with E-state index >= 15 is 0 Å².